The SMILES string of the molecule is O=C(O)NCc1cccc(-n2nc(C(F)(F)F)cc2C(=O)N(c2ccccc2)C(NCC2CC2)c2ccc(OCc3ccccc3)cc2)c1. The van der Waals surface area contributed by atoms with Gasteiger partial charge in [-0.3, -0.25) is 15.0 Å². The molecular formula is C37H34F3N5O4. The minimum absolute atomic E-state index is 0.0891. The highest BCUT2D eigenvalue weighted by molar-refractivity contribution is 6.06. The topological polar surface area (TPSA) is 109 Å². The molecule has 252 valence electrons. The van der Waals surface area contributed by atoms with E-state index in [4.69, 9.17) is 9.84 Å². The summed E-state index contributed by atoms with van der Waals surface area (Å²) in [5.41, 5.74) is 1.26. The summed E-state index contributed by atoms with van der Waals surface area (Å²) in [6.07, 6.45) is -4.76. The molecule has 9 nitrogen and oxygen atoms in total. The van der Waals surface area contributed by atoms with Crippen LogP contribution in [-0.2, 0) is 19.3 Å². The Morgan fingerprint density at radius 3 is 2.22 bits per heavy atom. The van der Waals surface area contributed by atoms with E-state index in [0.717, 1.165) is 29.2 Å². The number of amides is 2. The first-order valence-electron chi connectivity index (χ1n) is 15.8. The monoisotopic (exact) mass is 669 g/mol. The van der Waals surface area contributed by atoms with Crippen LogP contribution in [0.25, 0.3) is 5.69 Å². The lowest BCUT2D eigenvalue weighted by atomic mass is 10.1. The van der Waals surface area contributed by atoms with Crippen molar-refractivity contribution in [2.75, 3.05) is 11.4 Å². The van der Waals surface area contributed by atoms with E-state index in [-0.39, 0.29) is 17.9 Å². The van der Waals surface area contributed by atoms with Gasteiger partial charge < -0.3 is 15.2 Å². The van der Waals surface area contributed by atoms with Gasteiger partial charge in [0.1, 0.15) is 24.2 Å². The van der Waals surface area contributed by atoms with E-state index in [2.05, 4.69) is 15.7 Å². The lowest BCUT2D eigenvalue weighted by Gasteiger charge is -2.33. The number of nitrogens with zero attached hydrogens (tertiary/aromatic N) is 3. The highest BCUT2D eigenvalue weighted by Gasteiger charge is 2.38. The zero-order chi connectivity index (χ0) is 34.4. The van der Waals surface area contributed by atoms with E-state index in [9.17, 15) is 22.8 Å². The summed E-state index contributed by atoms with van der Waals surface area (Å²) in [6.45, 7) is 0.880. The summed E-state index contributed by atoms with van der Waals surface area (Å²) >= 11 is 0. The van der Waals surface area contributed by atoms with E-state index >= 15 is 0 Å². The maximum absolute atomic E-state index is 14.7. The number of hydrogen-bond acceptors (Lipinski definition) is 5. The molecule has 1 aromatic heterocycles. The highest BCUT2D eigenvalue weighted by atomic mass is 19.4. The van der Waals surface area contributed by atoms with Crippen LogP contribution in [0.3, 0.4) is 0 Å². The Bertz CT molecular complexity index is 1880. The van der Waals surface area contributed by atoms with Crippen molar-refractivity contribution in [3.05, 3.63) is 143 Å². The number of alkyl halides is 3. The lowest BCUT2D eigenvalue weighted by Crippen LogP contribution is -2.44. The molecule has 5 aromatic rings. The number of hydrogen-bond donors (Lipinski definition) is 3. The Morgan fingerprint density at radius 1 is 0.898 bits per heavy atom. The summed E-state index contributed by atoms with van der Waals surface area (Å²) < 4.78 is 49.3. The number of anilines is 1. The number of ether oxygens (including phenoxy) is 1. The summed E-state index contributed by atoms with van der Waals surface area (Å²) in [4.78, 5) is 27.2. The lowest BCUT2D eigenvalue weighted by molar-refractivity contribution is -0.141. The first-order chi connectivity index (χ1) is 23.7. The number of nitrogens with one attached hydrogen (secondary N) is 2. The average Bonchev–Trinajstić information content (AvgIpc) is 3.82. The molecular weight excluding hydrogens is 635 g/mol. The number of halogens is 3. The number of rotatable bonds is 13. The second-order valence-corrected chi connectivity index (χ2v) is 11.8. The summed E-state index contributed by atoms with van der Waals surface area (Å²) in [5, 5.41) is 18.6. The molecule has 12 heteroatoms. The fourth-order valence-electron chi connectivity index (χ4n) is 5.39. The molecule has 1 aliphatic rings. The van der Waals surface area contributed by atoms with E-state index in [1.807, 2.05) is 42.5 Å². The molecule has 0 bridgehead atoms. The molecule has 1 fully saturated rings. The Morgan fingerprint density at radius 2 is 1.57 bits per heavy atom. The van der Waals surface area contributed by atoms with Gasteiger partial charge in [0.15, 0.2) is 5.69 Å². The van der Waals surface area contributed by atoms with E-state index < -0.39 is 30.0 Å². The van der Waals surface area contributed by atoms with Gasteiger partial charge in [-0.1, -0.05) is 72.8 Å². The Hall–Kier alpha value is -5.62. The van der Waals surface area contributed by atoms with Crippen LogP contribution in [-0.4, -0.2) is 33.4 Å². The van der Waals surface area contributed by atoms with Crippen LogP contribution in [0, 0.1) is 5.92 Å². The third-order valence-corrected chi connectivity index (χ3v) is 8.07. The van der Waals surface area contributed by atoms with Crippen LogP contribution in [0.5, 0.6) is 5.75 Å². The van der Waals surface area contributed by atoms with Gasteiger partial charge in [-0.15, -0.1) is 0 Å². The fourth-order valence-corrected chi connectivity index (χ4v) is 5.39. The van der Waals surface area contributed by atoms with E-state index in [1.54, 1.807) is 54.6 Å². The molecule has 0 aliphatic heterocycles. The van der Waals surface area contributed by atoms with E-state index in [1.165, 1.54) is 17.0 Å². The minimum atomic E-state index is -4.83. The van der Waals surface area contributed by atoms with Crippen LogP contribution in [0.4, 0.5) is 23.7 Å². The smallest absolute Gasteiger partial charge is 0.435 e. The quantitative estimate of drug-likeness (QED) is 0.112. The molecule has 0 saturated heterocycles. The number of carbonyl (C=O) groups excluding carboxylic acids is 1. The Labute approximate surface area is 280 Å². The van der Waals surface area contributed by atoms with Gasteiger partial charge in [0.25, 0.3) is 5.91 Å². The van der Waals surface area contributed by atoms with Crippen molar-refractivity contribution in [2.24, 2.45) is 5.92 Å². The molecule has 6 rings (SSSR count). The van der Waals surface area contributed by atoms with Gasteiger partial charge >= 0.3 is 12.3 Å². The fraction of sp³-hybridized carbons (Fsp3) is 0.216. The van der Waals surface area contributed by atoms with Crippen LogP contribution in [0.2, 0.25) is 0 Å². The second kappa shape index (κ2) is 14.7. The zero-order valence-electron chi connectivity index (χ0n) is 26.3. The van der Waals surface area contributed by atoms with Crippen LogP contribution < -0.4 is 20.3 Å². The van der Waals surface area contributed by atoms with E-state index in [0.29, 0.717) is 41.6 Å². The van der Waals surface area contributed by atoms with Crippen molar-refractivity contribution < 1.29 is 32.6 Å². The van der Waals surface area contributed by atoms with Gasteiger partial charge in [-0.2, -0.15) is 18.3 Å². The third kappa shape index (κ3) is 8.46. The van der Waals surface area contributed by atoms with Gasteiger partial charge in [0, 0.05) is 24.8 Å². The van der Waals surface area contributed by atoms with Crippen LogP contribution >= 0.6 is 0 Å². The number of aromatic nitrogens is 2. The van der Waals surface area contributed by atoms with Gasteiger partial charge in [0.2, 0.25) is 0 Å². The normalized spacial score (nSPS) is 13.4. The number of carbonyl (C=O) groups is 2. The highest BCUT2D eigenvalue weighted by Crippen LogP contribution is 2.35. The largest absolute Gasteiger partial charge is 0.489 e. The number of benzene rings is 4. The van der Waals surface area contributed by atoms with Crippen molar-refractivity contribution in [3.8, 4) is 11.4 Å². The summed E-state index contributed by atoms with van der Waals surface area (Å²) in [5.74, 6) is 0.325. The standard InChI is InChI=1S/C37H34F3N5O4/c38-37(39,40)33-21-32(45(43-33)30-13-7-10-27(20-30)23-42-36(47)48)35(46)44(29-11-5-2-6-12-29)34(41-22-25-14-15-25)28-16-18-31(19-17-28)49-24-26-8-3-1-4-9-26/h1-13,16-21,25,34,41-42H,14-15,22-24H2,(H,47,48). The molecule has 0 spiro atoms. The molecule has 1 saturated carbocycles. The molecule has 4 aromatic carbocycles. The van der Waals surface area contributed by atoms with Crippen LogP contribution in [0.15, 0.2) is 115 Å². The van der Waals surface area contributed by atoms with Gasteiger partial charge in [-0.25, -0.2) is 9.48 Å². The summed E-state index contributed by atoms with van der Waals surface area (Å²) in [6, 6.07) is 32.7. The second-order valence-electron chi connectivity index (χ2n) is 11.8. The minimum Gasteiger partial charge on any atom is -0.489 e. The Kier molecular flexibility index (Phi) is 9.95. The Balaban J connectivity index is 1.39. The van der Waals surface area contributed by atoms with Gasteiger partial charge in [-0.05, 0) is 71.8 Å². The third-order valence-electron chi connectivity index (χ3n) is 8.07. The molecule has 2 amide bonds. The molecule has 49 heavy (non-hydrogen) atoms. The molecule has 3 N–H and O–H groups in total. The maximum Gasteiger partial charge on any atom is 0.435 e. The number of carboxylic acid groups (broad SMARTS) is 1. The molecule has 0 radical (unpaired) electrons. The average molecular weight is 670 g/mol. The molecule has 1 unspecified atom stereocenters. The predicted octanol–water partition coefficient (Wildman–Crippen LogP) is 7.58. The first kappa shape index (κ1) is 33.3. The van der Waals surface area contributed by atoms with Crippen LogP contribution in [0.1, 0.15) is 51.9 Å². The van der Waals surface area contributed by atoms with Crippen molar-refractivity contribution in [1.82, 2.24) is 20.4 Å². The van der Waals surface area contributed by atoms with Crippen molar-refractivity contribution in [2.45, 2.75) is 38.3 Å². The zero-order valence-corrected chi connectivity index (χ0v) is 26.3. The molecule has 1 aliphatic carbocycles. The molecule has 1 atom stereocenters. The van der Waals surface area contributed by atoms with Gasteiger partial charge in [0.05, 0.1) is 5.69 Å². The predicted molar refractivity (Wildman–Crippen MR) is 177 cm³/mol. The summed E-state index contributed by atoms with van der Waals surface area (Å²) in [7, 11) is 0. The molecule has 1 heterocycles. The first-order valence-corrected chi connectivity index (χ1v) is 15.8. The van der Waals surface area contributed by atoms with Crippen molar-refractivity contribution in [3.63, 3.8) is 0 Å². The maximum atomic E-state index is 14.7. The van der Waals surface area contributed by atoms with Crippen molar-refractivity contribution >= 4 is 17.7 Å². The van der Waals surface area contributed by atoms with Crippen molar-refractivity contribution in [1.29, 1.82) is 0 Å². The number of para-hydroxylation sites is 1.